The van der Waals surface area contributed by atoms with Crippen LogP contribution in [0.15, 0.2) is 78.0 Å². The number of aromatic nitrogens is 3. The summed E-state index contributed by atoms with van der Waals surface area (Å²) in [6.07, 6.45) is -0.541. The van der Waals surface area contributed by atoms with Crippen LogP contribution in [-0.4, -0.2) is 20.3 Å². The Kier molecular flexibility index (Phi) is 5.36. The first-order valence-electron chi connectivity index (χ1n) is 9.59. The van der Waals surface area contributed by atoms with E-state index in [9.17, 15) is 5.11 Å². The van der Waals surface area contributed by atoms with Gasteiger partial charge in [0, 0.05) is 27.6 Å². The normalized spacial score (nSPS) is 14.5. The van der Waals surface area contributed by atoms with Crippen LogP contribution in [0.1, 0.15) is 17.4 Å². The topological polar surface area (TPSA) is 80.2 Å². The highest BCUT2D eigenvalue weighted by Crippen LogP contribution is 2.39. The van der Waals surface area contributed by atoms with Crippen LogP contribution in [-0.2, 0) is 5.75 Å². The third-order valence-electron chi connectivity index (χ3n) is 4.79. The fourth-order valence-electron chi connectivity index (χ4n) is 3.28. The molecule has 8 heteroatoms. The van der Waals surface area contributed by atoms with Gasteiger partial charge >= 0.3 is 0 Å². The fourth-order valence-corrected chi connectivity index (χ4v) is 4.14. The number of ether oxygens (including phenoxy) is 1. The molecule has 0 radical (unpaired) electrons. The molecule has 0 unspecified atom stereocenters. The molecule has 0 saturated carbocycles. The number of hydrogen-bond donors (Lipinski definition) is 2. The molecule has 0 saturated heterocycles. The minimum absolute atomic E-state index is 0.167. The lowest BCUT2D eigenvalue weighted by Gasteiger charge is -2.19. The molecule has 6 nitrogen and oxygen atoms in total. The van der Waals surface area contributed by atoms with E-state index in [0.29, 0.717) is 27.5 Å². The Morgan fingerprint density at radius 1 is 1.00 bits per heavy atom. The van der Waals surface area contributed by atoms with Crippen molar-refractivity contribution in [3.05, 3.63) is 88.9 Å². The van der Waals surface area contributed by atoms with E-state index in [1.54, 1.807) is 18.2 Å². The maximum atomic E-state index is 9.91. The third-order valence-corrected chi connectivity index (χ3v) is 5.95. The molecule has 2 N–H and O–H groups in total. The lowest BCUT2D eigenvalue weighted by atomic mass is 10.1. The summed E-state index contributed by atoms with van der Waals surface area (Å²) in [7, 11) is 0. The minimum Gasteiger partial charge on any atom is -0.508 e. The highest BCUT2D eigenvalue weighted by atomic mass is 35.5. The first kappa shape index (κ1) is 19.7. The van der Waals surface area contributed by atoms with Gasteiger partial charge in [0.05, 0.1) is 0 Å². The molecule has 0 spiro atoms. The molecule has 154 valence electrons. The number of nitrogens with one attached hydrogen (secondary N) is 1. The summed E-state index contributed by atoms with van der Waals surface area (Å²) in [5, 5.41) is 23.2. The van der Waals surface area contributed by atoms with Gasteiger partial charge in [0.1, 0.15) is 5.75 Å². The highest BCUT2D eigenvalue weighted by molar-refractivity contribution is 7.98. The van der Waals surface area contributed by atoms with Crippen LogP contribution in [0, 0.1) is 0 Å². The second-order valence-corrected chi connectivity index (χ2v) is 8.33. The van der Waals surface area contributed by atoms with E-state index in [0.717, 1.165) is 22.4 Å². The van der Waals surface area contributed by atoms with Gasteiger partial charge in [-0.2, -0.15) is 4.98 Å². The number of hydrogen-bond acceptors (Lipinski definition) is 7. The summed E-state index contributed by atoms with van der Waals surface area (Å²) in [6.45, 7) is 0. The second-order valence-electron chi connectivity index (χ2n) is 6.95. The molecule has 1 atom stereocenters. The molecule has 2 heterocycles. The number of anilines is 1. The van der Waals surface area contributed by atoms with E-state index in [1.165, 1.54) is 11.8 Å². The Morgan fingerprint density at radius 2 is 1.84 bits per heavy atom. The Balaban J connectivity index is 1.48. The first-order chi connectivity index (χ1) is 15.2. The van der Waals surface area contributed by atoms with E-state index in [1.807, 2.05) is 54.6 Å². The Bertz CT molecular complexity index is 1240. The molecule has 3 aromatic carbocycles. The average molecular weight is 449 g/mol. The predicted molar refractivity (Wildman–Crippen MR) is 121 cm³/mol. The monoisotopic (exact) mass is 448 g/mol. The van der Waals surface area contributed by atoms with Crippen LogP contribution in [0.2, 0.25) is 5.02 Å². The van der Waals surface area contributed by atoms with Crippen LogP contribution < -0.4 is 10.1 Å². The van der Waals surface area contributed by atoms with Crippen LogP contribution in [0.4, 0.5) is 5.69 Å². The molecule has 1 aromatic heterocycles. The van der Waals surface area contributed by atoms with Crippen molar-refractivity contribution in [1.29, 1.82) is 0 Å². The number of halogens is 1. The smallest absolute Gasteiger partial charge is 0.247 e. The molecule has 4 aromatic rings. The highest BCUT2D eigenvalue weighted by Gasteiger charge is 2.26. The quantitative estimate of drug-likeness (QED) is 0.388. The van der Waals surface area contributed by atoms with Crippen LogP contribution in [0.25, 0.3) is 11.3 Å². The lowest BCUT2D eigenvalue weighted by molar-refractivity contribution is 0.225. The Labute approximate surface area is 188 Å². The molecule has 0 bridgehead atoms. The van der Waals surface area contributed by atoms with Crippen molar-refractivity contribution < 1.29 is 9.84 Å². The zero-order valence-electron chi connectivity index (χ0n) is 16.2. The molecular formula is C23H17ClN4O2S. The number of rotatable bonds is 4. The summed E-state index contributed by atoms with van der Waals surface area (Å²) < 4.78 is 6.22. The molecule has 0 amide bonds. The van der Waals surface area contributed by atoms with E-state index >= 15 is 0 Å². The van der Waals surface area contributed by atoms with Crippen molar-refractivity contribution in [1.82, 2.24) is 15.2 Å². The molecule has 1 aliphatic heterocycles. The van der Waals surface area contributed by atoms with Crippen molar-refractivity contribution in [2.45, 2.75) is 17.1 Å². The van der Waals surface area contributed by atoms with Crippen molar-refractivity contribution >= 4 is 29.1 Å². The second kappa shape index (κ2) is 8.45. The predicted octanol–water partition coefficient (Wildman–Crippen LogP) is 5.69. The van der Waals surface area contributed by atoms with Gasteiger partial charge in [-0.25, -0.2) is 0 Å². The Hall–Kier alpha value is -3.29. The SMILES string of the molecule is Oc1cccc([C@H]2Nc3ccccc3-c3nnc(SCc4ccc(Cl)cc4)nc3O2)c1. The van der Waals surface area contributed by atoms with Crippen molar-refractivity contribution in [3.63, 3.8) is 0 Å². The maximum absolute atomic E-state index is 9.91. The summed E-state index contributed by atoms with van der Waals surface area (Å²) in [6, 6.07) is 22.4. The number of phenolic OH excluding ortho intramolecular Hbond substituents is 1. The van der Waals surface area contributed by atoms with Gasteiger partial charge in [-0.15, -0.1) is 10.2 Å². The molecule has 0 fully saturated rings. The zero-order valence-corrected chi connectivity index (χ0v) is 17.8. The third kappa shape index (κ3) is 4.28. The number of para-hydroxylation sites is 1. The first-order valence-corrected chi connectivity index (χ1v) is 11.0. The number of fused-ring (bicyclic) bond motifs is 3. The van der Waals surface area contributed by atoms with Gasteiger partial charge in [-0.3, -0.25) is 0 Å². The van der Waals surface area contributed by atoms with E-state index in [2.05, 4.69) is 20.5 Å². The van der Waals surface area contributed by atoms with Crippen LogP contribution in [0.5, 0.6) is 11.6 Å². The number of nitrogens with zero attached hydrogens (tertiary/aromatic N) is 3. The average Bonchev–Trinajstić information content (AvgIpc) is 2.95. The molecule has 1 aliphatic rings. The molecule has 31 heavy (non-hydrogen) atoms. The largest absolute Gasteiger partial charge is 0.508 e. The van der Waals surface area contributed by atoms with Gasteiger partial charge in [0.25, 0.3) is 0 Å². The van der Waals surface area contributed by atoms with Gasteiger partial charge in [0.2, 0.25) is 11.0 Å². The number of phenols is 1. The van der Waals surface area contributed by atoms with Crippen molar-refractivity contribution in [2.24, 2.45) is 0 Å². The summed E-state index contributed by atoms with van der Waals surface area (Å²) >= 11 is 7.43. The minimum atomic E-state index is -0.541. The summed E-state index contributed by atoms with van der Waals surface area (Å²) in [5.41, 5.74) is 4.17. The van der Waals surface area contributed by atoms with Crippen molar-refractivity contribution in [2.75, 3.05) is 5.32 Å². The van der Waals surface area contributed by atoms with Crippen LogP contribution >= 0.6 is 23.4 Å². The van der Waals surface area contributed by atoms with Crippen LogP contribution in [0.3, 0.4) is 0 Å². The molecule has 5 rings (SSSR count). The molecule has 0 aliphatic carbocycles. The van der Waals surface area contributed by atoms with E-state index in [4.69, 9.17) is 16.3 Å². The zero-order chi connectivity index (χ0) is 21.2. The lowest BCUT2D eigenvalue weighted by Crippen LogP contribution is -2.17. The van der Waals surface area contributed by atoms with E-state index < -0.39 is 6.23 Å². The fraction of sp³-hybridized carbons (Fsp3) is 0.0870. The van der Waals surface area contributed by atoms with Crippen molar-refractivity contribution in [3.8, 4) is 22.9 Å². The maximum Gasteiger partial charge on any atom is 0.247 e. The van der Waals surface area contributed by atoms with Gasteiger partial charge in [-0.05, 0) is 35.9 Å². The number of benzene rings is 3. The van der Waals surface area contributed by atoms with Gasteiger partial charge < -0.3 is 15.2 Å². The number of aromatic hydroxyl groups is 1. The summed E-state index contributed by atoms with van der Waals surface area (Å²) in [5.74, 6) is 1.24. The standard InChI is InChI=1S/C23H17ClN4O2S/c24-16-10-8-14(9-11-16)13-31-23-26-22-20(27-28-23)18-6-1-2-7-19(18)25-21(30-22)15-4-3-5-17(29)12-15/h1-12,21,25,29H,13H2/t21-/m0/s1. The van der Waals surface area contributed by atoms with Gasteiger partial charge in [-0.1, -0.05) is 65.8 Å². The number of thioether (sulfide) groups is 1. The van der Waals surface area contributed by atoms with Gasteiger partial charge in [0.15, 0.2) is 11.9 Å². The molecular weight excluding hydrogens is 432 g/mol. The summed E-state index contributed by atoms with van der Waals surface area (Å²) in [4.78, 5) is 4.64. The Morgan fingerprint density at radius 3 is 2.68 bits per heavy atom. The van der Waals surface area contributed by atoms with E-state index in [-0.39, 0.29) is 5.75 Å².